The van der Waals surface area contributed by atoms with Crippen molar-refractivity contribution in [3.05, 3.63) is 71.5 Å². The highest BCUT2D eigenvalue weighted by Crippen LogP contribution is 2.42. The minimum atomic E-state index is -1.16. The summed E-state index contributed by atoms with van der Waals surface area (Å²) < 4.78 is 14.2. The van der Waals surface area contributed by atoms with Crippen LogP contribution in [0.15, 0.2) is 54.7 Å². The van der Waals surface area contributed by atoms with Gasteiger partial charge in [0.2, 0.25) is 11.8 Å². The van der Waals surface area contributed by atoms with Gasteiger partial charge in [0, 0.05) is 81.4 Å². The number of fused-ring (bicyclic) bond motifs is 7. The number of esters is 1. The third kappa shape index (κ3) is 9.28. The first-order valence-corrected chi connectivity index (χ1v) is 24.6. The van der Waals surface area contributed by atoms with Gasteiger partial charge in [-0.15, -0.1) is 0 Å². The highest BCUT2D eigenvalue weighted by molar-refractivity contribution is 5.96. The largest absolute Gasteiger partial charge is 0.508 e. The van der Waals surface area contributed by atoms with Gasteiger partial charge in [-0.05, 0) is 104 Å². The molecule has 0 radical (unpaired) electrons. The van der Waals surface area contributed by atoms with Crippen molar-refractivity contribution < 1.29 is 38.6 Å². The monoisotopic (exact) mass is 946 g/mol. The number of urea groups is 1. The lowest BCUT2D eigenvalue weighted by Crippen LogP contribution is -2.68. The van der Waals surface area contributed by atoms with Crippen LogP contribution in [0.4, 0.5) is 4.79 Å². The van der Waals surface area contributed by atoms with Gasteiger partial charge in [-0.1, -0.05) is 39.8 Å². The number of carbonyl (C=O) groups excluding carboxylic acids is 5. The molecule has 4 saturated heterocycles. The molecule has 0 saturated carbocycles. The second-order valence-corrected chi connectivity index (χ2v) is 20.7. The minimum absolute atomic E-state index is 0.00313. The molecule has 17 nitrogen and oxygen atoms in total. The molecule has 5 aliphatic rings. The number of hydrogen-bond donors (Lipinski definition) is 4. The van der Waals surface area contributed by atoms with Crippen LogP contribution in [-0.4, -0.2) is 147 Å². The zero-order valence-corrected chi connectivity index (χ0v) is 41.1. The van der Waals surface area contributed by atoms with E-state index >= 15 is 0 Å². The summed E-state index contributed by atoms with van der Waals surface area (Å²) in [5.41, 5.74) is 9.59. The number of rotatable bonds is 9. The average molecular weight is 946 g/mol. The first-order chi connectivity index (χ1) is 33.0. The molecule has 9 rings (SSSR count). The predicted octanol–water partition coefficient (Wildman–Crippen LogP) is 4.78. The zero-order valence-electron chi connectivity index (χ0n) is 41.1. The maximum atomic E-state index is 14.8. The van der Waals surface area contributed by atoms with Crippen LogP contribution in [0.25, 0.3) is 33.3 Å². The van der Waals surface area contributed by atoms with Crippen LogP contribution in [-0.2, 0) is 48.0 Å². The molecule has 6 bridgehead atoms. The van der Waals surface area contributed by atoms with E-state index in [9.17, 15) is 29.1 Å². The molecule has 17 heteroatoms. The quantitative estimate of drug-likeness (QED) is 0.133. The number of nitrogens with zero attached hydrogens (tertiary/aromatic N) is 6. The lowest BCUT2D eigenvalue weighted by Gasteiger charge is -2.48. The first kappa shape index (κ1) is 48.0. The lowest BCUT2D eigenvalue weighted by atomic mass is 9.84. The van der Waals surface area contributed by atoms with E-state index in [0.717, 1.165) is 44.5 Å². The maximum Gasteiger partial charge on any atom is 0.324 e. The molecule has 2 aromatic heterocycles. The minimum Gasteiger partial charge on any atom is -0.508 e. The van der Waals surface area contributed by atoms with Crippen LogP contribution in [0.1, 0.15) is 83.7 Å². The van der Waals surface area contributed by atoms with Crippen LogP contribution in [0.3, 0.4) is 0 Å². The number of likely N-dealkylation sites (N-methyl/N-ethyl adjacent to an activating group) is 1. The Balaban J connectivity index is 1.07. The van der Waals surface area contributed by atoms with Crippen molar-refractivity contribution >= 4 is 40.6 Å². The van der Waals surface area contributed by atoms with Gasteiger partial charge in [0.25, 0.3) is 5.91 Å². The summed E-state index contributed by atoms with van der Waals surface area (Å²) >= 11 is 0. The molecule has 5 aliphatic heterocycles. The molecule has 0 unspecified atom stereocenters. The summed E-state index contributed by atoms with van der Waals surface area (Å²) in [6, 6.07) is 12.0. The Kier molecular flexibility index (Phi) is 13.2. The standard InChI is InChI=1S/C52H67N9O8/c1-9-58-41-15-14-32-24-36(41)37(46(58)35-12-10-17-53-44(35)30(4)68-8)25-52(5,6)28-69-50(66)38-13-11-18-61(56-38)49(65)39(22-31-20-33(32)23-34(62)21-31)55-47(63)45(29(2)3)57(7)51(67)60-27-43-42(60)16-19-59(43)48(64)40-26-54-40/h10,12,14-15,17,20-21,23-24,29-30,38-40,42-43,45,54,56,62H,9,11,13,16,18-19,22,25-28H2,1-8H3,(H,55,63)/t30-,38-,39-,40-,42+,43+,45-/m0/s1. The number of ether oxygens (including phenoxy) is 2. The molecule has 0 aliphatic carbocycles. The number of carbonyl (C=O) groups is 5. The van der Waals surface area contributed by atoms with Crippen LogP contribution in [0.5, 0.6) is 5.75 Å². The molecule has 7 atom stereocenters. The average Bonchev–Trinajstić information content (AvgIpc) is 4.07. The van der Waals surface area contributed by atoms with Gasteiger partial charge >= 0.3 is 12.0 Å². The van der Waals surface area contributed by atoms with E-state index in [-0.39, 0.29) is 67.4 Å². The molecule has 69 heavy (non-hydrogen) atoms. The first-order valence-electron chi connectivity index (χ1n) is 24.6. The third-order valence-electron chi connectivity index (χ3n) is 14.8. The molecule has 368 valence electrons. The number of pyridine rings is 1. The zero-order chi connectivity index (χ0) is 49.1. The van der Waals surface area contributed by atoms with Gasteiger partial charge in [-0.2, -0.15) is 0 Å². The van der Waals surface area contributed by atoms with Gasteiger partial charge in [-0.25, -0.2) is 10.2 Å². The molecule has 0 spiro atoms. The number of aromatic hydroxyl groups is 1. The van der Waals surface area contributed by atoms with E-state index in [0.29, 0.717) is 57.4 Å². The number of phenolic OH excluding ortho intramolecular Hbond substituents is 1. The smallest absolute Gasteiger partial charge is 0.324 e. The normalized spacial score (nSPS) is 24.2. The Labute approximate surface area is 403 Å². The fourth-order valence-electron chi connectivity index (χ4n) is 11.1. The van der Waals surface area contributed by atoms with E-state index in [1.165, 1.54) is 9.91 Å². The number of cyclic esters (lactones) is 1. The van der Waals surface area contributed by atoms with Gasteiger partial charge in [0.1, 0.15) is 23.9 Å². The van der Waals surface area contributed by atoms with E-state index in [1.807, 2.05) is 43.9 Å². The molecule has 2 aromatic carbocycles. The highest BCUT2D eigenvalue weighted by atomic mass is 16.5. The van der Waals surface area contributed by atoms with Gasteiger partial charge in [-0.3, -0.25) is 29.2 Å². The Morgan fingerprint density at radius 3 is 2.54 bits per heavy atom. The number of aromatic nitrogens is 2. The van der Waals surface area contributed by atoms with Gasteiger partial charge in [0.05, 0.1) is 42.2 Å². The van der Waals surface area contributed by atoms with Crippen LogP contribution >= 0.6 is 0 Å². The summed E-state index contributed by atoms with van der Waals surface area (Å²) in [4.78, 5) is 80.4. The lowest BCUT2D eigenvalue weighted by molar-refractivity contribution is -0.155. The predicted molar refractivity (Wildman–Crippen MR) is 260 cm³/mol. The number of amides is 5. The molecule has 4 N–H and O–H groups in total. The van der Waals surface area contributed by atoms with E-state index in [2.05, 4.69) is 59.6 Å². The van der Waals surface area contributed by atoms with Crippen LogP contribution < -0.4 is 16.1 Å². The fourth-order valence-corrected chi connectivity index (χ4v) is 11.1. The van der Waals surface area contributed by atoms with Crippen LogP contribution in [0, 0.1) is 11.3 Å². The SMILES string of the molecule is CCn1c(-c2cccnc2[C@H](C)OC)c2c3cc(ccc31)-c1cc(O)cc(c1)C[C@H](NC(=O)[C@H](C(C)C)N(C)C(=O)N1C[C@@H]3[C@H]1CCN3C(=O)[C@@H]1CN1)C(=O)N1CCC[C@H](N1)C(=O)OCC(C)(C)C2. The van der Waals surface area contributed by atoms with Gasteiger partial charge in [0.15, 0.2) is 0 Å². The topological polar surface area (TPSA) is 201 Å². The number of aryl methyl sites for hydroxylation is 1. The Morgan fingerprint density at radius 2 is 1.81 bits per heavy atom. The summed E-state index contributed by atoms with van der Waals surface area (Å²) in [6.07, 6.45) is 3.66. The fraction of sp³-hybridized carbons (Fsp3) is 0.538. The van der Waals surface area contributed by atoms with Crippen molar-refractivity contribution in [2.75, 3.05) is 46.9 Å². The Morgan fingerprint density at radius 1 is 1.03 bits per heavy atom. The number of phenols is 1. The van der Waals surface area contributed by atoms with E-state index in [4.69, 9.17) is 14.5 Å². The number of hydrazine groups is 1. The van der Waals surface area contributed by atoms with Crippen LogP contribution in [0.2, 0.25) is 0 Å². The number of nitrogens with one attached hydrogen (secondary N) is 3. The molecule has 4 fully saturated rings. The summed E-state index contributed by atoms with van der Waals surface area (Å²) in [5.74, 6) is -1.73. The van der Waals surface area contributed by atoms with Crippen molar-refractivity contribution in [1.82, 2.24) is 45.3 Å². The Bertz CT molecular complexity index is 2660. The summed E-state index contributed by atoms with van der Waals surface area (Å²) in [7, 11) is 3.28. The highest BCUT2D eigenvalue weighted by Gasteiger charge is 2.53. The molecule has 4 aromatic rings. The van der Waals surface area contributed by atoms with Crippen molar-refractivity contribution in [3.63, 3.8) is 0 Å². The number of benzene rings is 2. The summed E-state index contributed by atoms with van der Waals surface area (Å²) in [5, 5.41) is 19.9. The number of methoxy groups -OCH3 is 1. The number of hydrogen-bond acceptors (Lipinski definition) is 11. The Hall–Kier alpha value is -6.04. The van der Waals surface area contributed by atoms with E-state index in [1.54, 1.807) is 37.4 Å². The van der Waals surface area contributed by atoms with Crippen molar-refractivity contribution in [1.29, 1.82) is 0 Å². The number of likely N-dealkylation sites (tertiary alicyclic amines) is 2. The molecule has 7 heterocycles. The molecule has 5 amide bonds. The second kappa shape index (κ2) is 19.0. The van der Waals surface area contributed by atoms with Gasteiger partial charge < -0.3 is 44.5 Å². The van der Waals surface area contributed by atoms with Crippen molar-refractivity contribution in [2.24, 2.45) is 11.3 Å². The molecular formula is C52H67N9O8. The van der Waals surface area contributed by atoms with Crippen molar-refractivity contribution in [2.45, 2.75) is 123 Å². The molecular weight excluding hydrogens is 879 g/mol. The maximum absolute atomic E-state index is 14.8. The third-order valence-corrected chi connectivity index (χ3v) is 14.8. The second-order valence-electron chi connectivity index (χ2n) is 20.7. The summed E-state index contributed by atoms with van der Waals surface area (Å²) in [6.45, 7) is 14.7. The van der Waals surface area contributed by atoms with Crippen molar-refractivity contribution in [3.8, 4) is 28.1 Å². The van der Waals surface area contributed by atoms with E-state index < -0.39 is 41.3 Å².